The number of carbonyl (C=O) groups is 2. The Bertz CT molecular complexity index is 541. The minimum Gasteiger partial charge on any atom is -0.466 e. The van der Waals surface area contributed by atoms with Gasteiger partial charge in [0, 0.05) is 18.5 Å². The van der Waals surface area contributed by atoms with Crippen molar-refractivity contribution in [1.29, 1.82) is 0 Å². The zero-order valence-corrected chi connectivity index (χ0v) is 13.8. The van der Waals surface area contributed by atoms with Gasteiger partial charge in [-0.2, -0.15) is 4.37 Å². The van der Waals surface area contributed by atoms with Crippen molar-refractivity contribution in [3.63, 3.8) is 0 Å². The number of likely N-dealkylation sites (tertiary alicyclic amines) is 1. The first kappa shape index (κ1) is 15.9. The third kappa shape index (κ3) is 2.81. The lowest BCUT2D eigenvalue weighted by Gasteiger charge is -2.30. The van der Waals surface area contributed by atoms with Gasteiger partial charge in [-0.05, 0) is 37.7 Å². The van der Waals surface area contributed by atoms with Gasteiger partial charge in [-0.1, -0.05) is 13.8 Å². The zero-order valence-electron chi connectivity index (χ0n) is 13.0. The van der Waals surface area contributed by atoms with E-state index in [2.05, 4.69) is 4.37 Å². The first-order valence-corrected chi connectivity index (χ1v) is 8.13. The number of carbonyl (C=O) groups excluding carboxylic acids is 2. The van der Waals surface area contributed by atoms with E-state index in [-0.39, 0.29) is 17.8 Å². The number of aryl methyl sites for hydroxylation is 1. The van der Waals surface area contributed by atoms with Crippen LogP contribution in [0.4, 0.5) is 0 Å². The molecule has 0 aromatic carbocycles. The Balaban J connectivity index is 2.19. The average molecular weight is 310 g/mol. The van der Waals surface area contributed by atoms with Crippen molar-refractivity contribution in [3.8, 4) is 0 Å². The average Bonchev–Trinajstić information content (AvgIpc) is 3.05. The Labute approximate surface area is 129 Å². The van der Waals surface area contributed by atoms with Gasteiger partial charge in [-0.25, -0.2) is 0 Å². The molecule has 116 valence electrons. The van der Waals surface area contributed by atoms with Crippen molar-refractivity contribution in [3.05, 3.63) is 16.6 Å². The van der Waals surface area contributed by atoms with Crippen LogP contribution in [-0.4, -0.2) is 40.8 Å². The Kier molecular flexibility index (Phi) is 4.66. The summed E-state index contributed by atoms with van der Waals surface area (Å²) in [6.45, 7) is 9.06. The monoisotopic (exact) mass is 310 g/mol. The third-order valence-corrected chi connectivity index (χ3v) is 5.08. The van der Waals surface area contributed by atoms with Crippen LogP contribution in [-0.2, 0) is 9.53 Å². The number of esters is 1. The number of rotatable bonds is 4. The van der Waals surface area contributed by atoms with E-state index in [1.807, 2.05) is 27.7 Å². The fraction of sp³-hybridized carbons (Fsp3) is 0.667. The maximum atomic E-state index is 12.6. The summed E-state index contributed by atoms with van der Waals surface area (Å²) in [4.78, 5) is 26.7. The van der Waals surface area contributed by atoms with E-state index >= 15 is 0 Å². The molecule has 6 heteroatoms. The summed E-state index contributed by atoms with van der Waals surface area (Å²) >= 11 is 1.28. The van der Waals surface area contributed by atoms with Crippen LogP contribution in [0.15, 0.2) is 5.38 Å². The normalized spacial score (nSPS) is 21.9. The molecule has 2 rings (SSSR count). The number of nitrogens with zero attached hydrogens (tertiary/aromatic N) is 2. The van der Waals surface area contributed by atoms with Crippen molar-refractivity contribution in [2.75, 3.05) is 19.7 Å². The van der Waals surface area contributed by atoms with Crippen molar-refractivity contribution in [2.24, 2.45) is 11.3 Å². The van der Waals surface area contributed by atoms with Crippen LogP contribution in [0.3, 0.4) is 0 Å². The molecule has 1 amide bonds. The van der Waals surface area contributed by atoms with Gasteiger partial charge >= 0.3 is 5.97 Å². The van der Waals surface area contributed by atoms with E-state index in [0.29, 0.717) is 31.7 Å². The summed E-state index contributed by atoms with van der Waals surface area (Å²) in [5.74, 6) is -0.0837. The SMILES string of the molecule is CCOC(=O)C1(C(C)C)CCN(C(=O)c2csnc2C)C1. The van der Waals surface area contributed by atoms with Crippen molar-refractivity contribution < 1.29 is 14.3 Å². The molecule has 2 heterocycles. The minimum absolute atomic E-state index is 0.0342. The molecule has 0 aliphatic carbocycles. The van der Waals surface area contributed by atoms with E-state index in [1.54, 1.807) is 10.3 Å². The van der Waals surface area contributed by atoms with Crippen LogP contribution in [0.1, 0.15) is 43.2 Å². The molecule has 0 bridgehead atoms. The predicted octanol–water partition coefficient (Wildman–Crippen LogP) is 2.50. The van der Waals surface area contributed by atoms with Gasteiger partial charge in [0.1, 0.15) is 0 Å². The summed E-state index contributed by atoms with van der Waals surface area (Å²) in [7, 11) is 0. The molecule has 1 saturated heterocycles. The lowest BCUT2D eigenvalue weighted by Crippen LogP contribution is -2.41. The highest BCUT2D eigenvalue weighted by atomic mass is 32.1. The second-order valence-corrected chi connectivity index (χ2v) is 6.45. The first-order chi connectivity index (χ1) is 9.92. The van der Waals surface area contributed by atoms with Gasteiger partial charge in [-0.3, -0.25) is 9.59 Å². The summed E-state index contributed by atoms with van der Waals surface area (Å²) < 4.78 is 9.39. The third-order valence-electron chi connectivity index (χ3n) is 4.36. The van der Waals surface area contributed by atoms with Crippen LogP contribution in [0.25, 0.3) is 0 Å². The van der Waals surface area contributed by atoms with Crippen LogP contribution >= 0.6 is 11.5 Å². The topological polar surface area (TPSA) is 59.5 Å². The zero-order chi connectivity index (χ0) is 15.6. The lowest BCUT2D eigenvalue weighted by atomic mass is 9.76. The molecule has 1 aromatic heterocycles. The van der Waals surface area contributed by atoms with Gasteiger partial charge in [0.15, 0.2) is 0 Å². The molecule has 5 nitrogen and oxygen atoms in total. The number of amides is 1. The largest absolute Gasteiger partial charge is 0.466 e. The van der Waals surface area contributed by atoms with Gasteiger partial charge in [0.05, 0.1) is 23.3 Å². The molecule has 1 fully saturated rings. The van der Waals surface area contributed by atoms with E-state index in [1.165, 1.54) is 11.5 Å². The Hall–Kier alpha value is -1.43. The second kappa shape index (κ2) is 6.13. The fourth-order valence-corrected chi connectivity index (χ4v) is 3.51. The van der Waals surface area contributed by atoms with E-state index in [9.17, 15) is 9.59 Å². The second-order valence-electron chi connectivity index (χ2n) is 5.82. The Morgan fingerprint density at radius 1 is 1.52 bits per heavy atom. The van der Waals surface area contributed by atoms with E-state index in [0.717, 1.165) is 5.69 Å². The van der Waals surface area contributed by atoms with Crippen molar-refractivity contribution >= 4 is 23.4 Å². The summed E-state index contributed by atoms with van der Waals surface area (Å²) in [6, 6.07) is 0. The molecule has 21 heavy (non-hydrogen) atoms. The molecule has 0 radical (unpaired) electrons. The molecule has 1 unspecified atom stereocenters. The fourth-order valence-electron chi connectivity index (χ4n) is 2.82. The van der Waals surface area contributed by atoms with Crippen LogP contribution in [0.5, 0.6) is 0 Å². The Morgan fingerprint density at radius 3 is 2.76 bits per heavy atom. The molecular formula is C15H22N2O3S. The highest BCUT2D eigenvalue weighted by Crippen LogP contribution is 2.39. The first-order valence-electron chi connectivity index (χ1n) is 7.30. The van der Waals surface area contributed by atoms with Crippen molar-refractivity contribution in [2.45, 2.75) is 34.1 Å². The van der Waals surface area contributed by atoms with Gasteiger partial charge < -0.3 is 9.64 Å². The van der Waals surface area contributed by atoms with E-state index < -0.39 is 5.41 Å². The van der Waals surface area contributed by atoms with E-state index in [4.69, 9.17) is 4.74 Å². The smallest absolute Gasteiger partial charge is 0.314 e. The molecule has 1 aliphatic rings. The van der Waals surface area contributed by atoms with Crippen LogP contribution in [0, 0.1) is 18.3 Å². The van der Waals surface area contributed by atoms with Crippen molar-refractivity contribution in [1.82, 2.24) is 9.27 Å². The summed E-state index contributed by atoms with van der Waals surface area (Å²) in [5.41, 5.74) is 0.815. The summed E-state index contributed by atoms with van der Waals surface area (Å²) in [5, 5.41) is 1.78. The van der Waals surface area contributed by atoms with Crippen LogP contribution < -0.4 is 0 Å². The van der Waals surface area contributed by atoms with Gasteiger partial charge in [0.25, 0.3) is 5.91 Å². The number of aromatic nitrogens is 1. The number of hydrogen-bond acceptors (Lipinski definition) is 5. The molecule has 1 aromatic rings. The standard InChI is InChI=1S/C15H22N2O3S/c1-5-20-14(19)15(10(2)3)6-7-17(9-15)13(18)12-8-21-16-11(12)4/h8,10H,5-7,9H2,1-4H3. The van der Waals surface area contributed by atoms with Crippen LogP contribution in [0.2, 0.25) is 0 Å². The molecule has 0 N–H and O–H groups in total. The quantitative estimate of drug-likeness (QED) is 0.802. The molecule has 0 spiro atoms. The predicted molar refractivity (Wildman–Crippen MR) is 81.3 cm³/mol. The van der Waals surface area contributed by atoms with Gasteiger partial charge in [0.2, 0.25) is 0 Å². The number of hydrogen-bond donors (Lipinski definition) is 0. The minimum atomic E-state index is -0.580. The number of ether oxygens (including phenoxy) is 1. The highest BCUT2D eigenvalue weighted by molar-refractivity contribution is 7.03. The Morgan fingerprint density at radius 2 is 2.24 bits per heavy atom. The highest BCUT2D eigenvalue weighted by Gasteiger charge is 2.49. The molecular weight excluding hydrogens is 288 g/mol. The summed E-state index contributed by atoms with van der Waals surface area (Å²) in [6.07, 6.45) is 0.659. The maximum absolute atomic E-state index is 12.6. The maximum Gasteiger partial charge on any atom is 0.314 e. The molecule has 1 atom stereocenters. The molecule has 0 saturated carbocycles. The lowest BCUT2D eigenvalue weighted by molar-refractivity contribution is -0.157. The van der Waals surface area contributed by atoms with Gasteiger partial charge in [-0.15, -0.1) is 0 Å². The molecule has 1 aliphatic heterocycles.